The molecule has 0 unspecified atom stereocenters. The monoisotopic (exact) mass is 281 g/mol. The molecule has 1 aromatic carbocycles. The molecule has 0 amide bonds. The zero-order valence-corrected chi connectivity index (χ0v) is 10.7. The van der Waals surface area contributed by atoms with E-state index in [2.05, 4.69) is 15.5 Å². The number of nitrogens with one attached hydrogen (secondary N) is 1. The molecule has 92 valence electrons. The second kappa shape index (κ2) is 5.71. The highest BCUT2D eigenvalue weighted by Crippen LogP contribution is 2.18. The van der Waals surface area contributed by atoms with Gasteiger partial charge in [-0.3, -0.25) is 5.43 Å². The van der Waals surface area contributed by atoms with E-state index >= 15 is 0 Å². The smallest absolute Gasteiger partial charge is 0.149 e. The number of phenolic OH excluding ortho intramolecular Hbond substituents is 1. The van der Waals surface area contributed by atoms with Gasteiger partial charge in [0.05, 0.1) is 6.21 Å². The number of aromatic hydroxyl groups is 1. The van der Waals surface area contributed by atoms with Crippen LogP contribution in [0.3, 0.4) is 0 Å². The van der Waals surface area contributed by atoms with Gasteiger partial charge >= 0.3 is 0 Å². The van der Waals surface area contributed by atoms with Gasteiger partial charge in [0.25, 0.3) is 0 Å². The van der Waals surface area contributed by atoms with Crippen LogP contribution in [0.15, 0.2) is 41.5 Å². The van der Waals surface area contributed by atoms with Crippen LogP contribution < -0.4 is 5.43 Å². The number of pyridine rings is 1. The summed E-state index contributed by atoms with van der Waals surface area (Å²) in [6.45, 7) is 0. The van der Waals surface area contributed by atoms with Gasteiger partial charge in [-0.2, -0.15) is 5.10 Å². The van der Waals surface area contributed by atoms with E-state index in [-0.39, 0.29) is 5.75 Å². The summed E-state index contributed by atoms with van der Waals surface area (Å²) in [6, 6.07) is 9.78. The first-order chi connectivity index (χ1) is 8.63. The highest BCUT2D eigenvalue weighted by Gasteiger charge is 1.97. The predicted molar refractivity (Wildman–Crippen MR) is 73.6 cm³/mol. The third kappa shape index (κ3) is 3.61. The van der Waals surface area contributed by atoms with Crippen LogP contribution in [0.1, 0.15) is 5.56 Å². The first kappa shape index (κ1) is 12.7. The van der Waals surface area contributed by atoms with Gasteiger partial charge in [-0.1, -0.05) is 23.2 Å². The Hall–Kier alpha value is -1.78. The molecule has 0 aliphatic heterocycles. The van der Waals surface area contributed by atoms with Crippen LogP contribution in [0.2, 0.25) is 10.2 Å². The van der Waals surface area contributed by atoms with Gasteiger partial charge in [0.15, 0.2) is 0 Å². The molecule has 2 aromatic rings. The summed E-state index contributed by atoms with van der Waals surface area (Å²) in [4.78, 5) is 4.00. The first-order valence-corrected chi connectivity index (χ1v) is 5.80. The largest absolute Gasteiger partial charge is 0.508 e. The number of hydrogen-bond donors (Lipinski definition) is 2. The molecule has 2 rings (SSSR count). The number of rotatable bonds is 3. The second-order valence-corrected chi connectivity index (χ2v) is 4.28. The van der Waals surface area contributed by atoms with Crippen molar-refractivity contribution in [2.45, 2.75) is 0 Å². The van der Waals surface area contributed by atoms with Crippen LogP contribution in [0.25, 0.3) is 0 Å². The number of anilines is 1. The SMILES string of the molecule is Oc1ccc(C=NNc2cc(Cl)cc(Cl)n2)cc1. The lowest BCUT2D eigenvalue weighted by Gasteiger charge is -2.00. The van der Waals surface area contributed by atoms with Gasteiger partial charge in [0.2, 0.25) is 0 Å². The molecule has 0 atom stereocenters. The fourth-order valence-electron chi connectivity index (χ4n) is 1.26. The van der Waals surface area contributed by atoms with E-state index in [1.165, 1.54) is 6.07 Å². The zero-order chi connectivity index (χ0) is 13.0. The molecule has 0 spiro atoms. The highest BCUT2D eigenvalue weighted by molar-refractivity contribution is 6.34. The lowest BCUT2D eigenvalue weighted by Crippen LogP contribution is -1.93. The third-order valence-corrected chi connectivity index (χ3v) is 2.46. The number of hydrogen-bond acceptors (Lipinski definition) is 4. The van der Waals surface area contributed by atoms with Crippen LogP contribution in [-0.4, -0.2) is 16.3 Å². The molecular formula is C12H9Cl2N3O. The van der Waals surface area contributed by atoms with Crippen molar-refractivity contribution in [2.24, 2.45) is 5.10 Å². The molecule has 0 saturated carbocycles. The minimum absolute atomic E-state index is 0.211. The van der Waals surface area contributed by atoms with E-state index in [0.29, 0.717) is 16.0 Å². The van der Waals surface area contributed by atoms with Gasteiger partial charge in [-0.05, 0) is 35.9 Å². The molecule has 0 radical (unpaired) electrons. The summed E-state index contributed by atoms with van der Waals surface area (Å²) in [6.07, 6.45) is 1.59. The van der Waals surface area contributed by atoms with Crippen molar-refractivity contribution < 1.29 is 5.11 Å². The van der Waals surface area contributed by atoms with Crippen LogP contribution in [-0.2, 0) is 0 Å². The molecule has 6 heteroatoms. The highest BCUT2D eigenvalue weighted by atomic mass is 35.5. The van der Waals surface area contributed by atoms with E-state index in [1.54, 1.807) is 36.5 Å². The van der Waals surface area contributed by atoms with E-state index in [0.717, 1.165) is 5.56 Å². The number of phenols is 1. The number of nitrogens with zero attached hydrogens (tertiary/aromatic N) is 2. The Morgan fingerprint density at radius 3 is 2.56 bits per heavy atom. The molecule has 0 fully saturated rings. The molecule has 0 aliphatic rings. The summed E-state index contributed by atoms with van der Waals surface area (Å²) in [5, 5.41) is 13.9. The summed E-state index contributed by atoms with van der Waals surface area (Å²) in [5.41, 5.74) is 3.56. The van der Waals surface area contributed by atoms with Crippen molar-refractivity contribution in [3.63, 3.8) is 0 Å². The normalized spacial score (nSPS) is 10.8. The quantitative estimate of drug-likeness (QED) is 0.514. The summed E-state index contributed by atoms with van der Waals surface area (Å²) in [7, 11) is 0. The number of hydrazone groups is 1. The average Bonchev–Trinajstić information content (AvgIpc) is 2.30. The van der Waals surface area contributed by atoms with Crippen molar-refractivity contribution >= 4 is 35.2 Å². The summed E-state index contributed by atoms with van der Waals surface area (Å²) >= 11 is 11.6. The van der Waals surface area contributed by atoms with Crippen LogP contribution >= 0.6 is 23.2 Å². The van der Waals surface area contributed by atoms with Crippen LogP contribution in [0.4, 0.5) is 5.82 Å². The Labute approximate surface area is 114 Å². The molecule has 2 N–H and O–H groups in total. The Morgan fingerprint density at radius 1 is 1.17 bits per heavy atom. The van der Waals surface area contributed by atoms with Crippen molar-refractivity contribution in [1.82, 2.24) is 4.98 Å². The standard InChI is InChI=1S/C12H9Cl2N3O/c13-9-5-11(14)16-12(6-9)17-15-7-8-1-3-10(18)4-2-8/h1-7,18H,(H,16,17). The molecule has 0 saturated heterocycles. The van der Waals surface area contributed by atoms with Gasteiger partial charge in [0.1, 0.15) is 16.7 Å². The van der Waals surface area contributed by atoms with E-state index < -0.39 is 0 Å². The Balaban J connectivity index is 2.04. The first-order valence-electron chi connectivity index (χ1n) is 5.05. The lowest BCUT2D eigenvalue weighted by molar-refractivity contribution is 0.475. The molecule has 18 heavy (non-hydrogen) atoms. The van der Waals surface area contributed by atoms with E-state index in [9.17, 15) is 0 Å². The summed E-state index contributed by atoms with van der Waals surface area (Å²) in [5.74, 6) is 0.672. The van der Waals surface area contributed by atoms with Crippen molar-refractivity contribution in [2.75, 3.05) is 5.43 Å². The molecule has 0 aliphatic carbocycles. The second-order valence-electron chi connectivity index (χ2n) is 3.45. The van der Waals surface area contributed by atoms with Gasteiger partial charge in [-0.15, -0.1) is 0 Å². The fraction of sp³-hybridized carbons (Fsp3) is 0. The van der Waals surface area contributed by atoms with Crippen LogP contribution in [0.5, 0.6) is 5.75 Å². The Kier molecular flexibility index (Phi) is 4.02. The summed E-state index contributed by atoms with van der Waals surface area (Å²) < 4.78 is 0. The number of benzene rings is 1. The number of aromatic nitrogens is 1. The molecule has 1 aromatic heterocycles. The molecule has 0 bridgehead atoms. The van der Waals surface area contributed by atoms with Crippen molar-refractivity contribution in [1.29, 1.82) is 0 Å². The third-order valence-electron chi connectivity index (χ3n) is 2.04. The van der Waals surface area contributed by atoms with E-state index in [4.69, 9.17) is 28.3 Å². The maximum atomic E-state index is 9.12. The predicted octanol–water partition coefficient (Wildman–Crippen LogP) is 3.54. The van der Waals surface area contributed by atoms with Crippen molar-refractivity contribution in [3.8, 4) is 5.75 Å². The molecule has 4 nitrogen and oxygen atoms in total. The topological polar surface area (TPSA) is 57.5 Å². The number of halogens is 2. The van der Waals surface area contributed by atoms with Gasteiger partial charge in [-0.25, -0.2) is 4.98 Å². The Bertz CT molecular complexity index is 550. The average molecular weight is 282 g/mol. The van der Waals surface area contributed by atoms with Gasteiger partial charge in [0, 0.05) is 11.1 Å². The minimum atomic E-state index is 0.211. The lowest BCUT2D eigenvalue weighted by atomic mass is 10.2. The Morgan fingerprint density at radius 2 is 1.89 bits per heavy atom. The van der Waals surface area contributed by atoms with Crippen molar-refractivity contribution in [3.05, 3.63) is 52.1 Å². The molecule has 1 heterocycles. The maximum Gasteiger partial charge on any atom is 0.149 e. The van der Waals surface area contributed by atoms with E-state index in [1.807, 2.05) is 0 Å². The van der Waals surface area contributed by atoms with Crippen LogP contribution in [0, 0.1) is 0 Å². The fourth-order valence-corrected chi connectivity index (χ4v) is 1.73. The maximum absolute atomic E-state index is 9.12. The minimum Gasteiger partial charge on any atom is -0.508 e. The zero-order valence-electron chi connectivity index (χ0n) is 9.14. The molecular weight excluding hydrogens is 273 g/mol. The van der Waals surface area contributed by atoms with Gasteiger partial charge < -0.3 is 5.11 Å².